The van der Waals surface area contributed by atoms with Crippen LogP contribution in [0, 0.1) is 5.92 Å². The molecular formula is C11H16N8. The molecule has 1 aromatic rings. The fraction of sp³-hybridized carbons (Fsp3) is 0.727. The molecule has 3 heterocycles. The summed E-state index contributed by atoms with van der Waals surface area (Å²) in [7, 11) is 0. The van der Waals surface area contributed by atoms with Gasteiger partial charge in [0.15, 0.2) is 0 Å². The summed E-state index contributed by atoms with van der Waals surface area (Å²) in [4.78, 5) is 7.32. The number of hydrazine groups is 1. The molecule has 8 heteroatoms. The second-order valence-electron chi connectivity index (χ2n) is 5.36. The topological polar surface area (TPSA) is 93.9 Å². The molecule has 0 amide bonds. The van der Waals surface area contributed by atoms with Crippen LogP contribution in [0.4, 0.5) is 5.82 Å². The highest BCUT2D eigenvalue weighted by Crippen LogP contribution is 2.45. The monoisotopic (exact) mass is 260 g/mol. The number of anilines is 1. The summed E-state index contributed by atoms with van der Waals surface area (Å²) in [5.41, 5.74) is 12.1. The Morgan fingerprint density at radius 1 is 1.47 bits per heavy atom. The largest absolute Gasteiger partial charge is 0.313 e. The van der Waals surface area contributed by atoms with Crippen molar-refractivity contribution in [2.24, 2.45) is 11.0 Å². The summed E-state index contributed by atoms with van der Waals surface area (Å²) < 4.78 is 2.22. The summed E-state index contributed by atoms with van der Waals surface area (Å²) in [6, 6.07) is 0.426. The molecule has 4 unspecified atom stereocenters. The lowest BCUT2D eigenvalue weighted by atomic mass is 9.77. The van der Waals surface area contributed by atoms with Gasteiger partial charge >= 0.3 is 0 Å². The number of hydrogen-bond donors (Lipinski definition) is 2. The van der Waals surface area contributed by atoms with E-state index in [-0.39, 0.29) is 12.2 Å². The fourth-order valence-corrected chi connectivity index (χ4v) is 3.82. The molecule has 0 spiro atoms. The summed E-state index contributed by atoms with van der Waals surface area (Å²) in [5, 5.41) is 9.63. The number of aromatic nitrogens is 2. The maximum Gasteiger partial charge on any atom is 0.144 e. The molecule has 0 bridgehead atoms. The van der Waals surface area contributed by atoms with E-state index in [1.165, 1.54) is 0 Å². The van der Waals surface area contributed by atoms with E-state index >= 15 is 0 Å². The molecule has 0 radical (unpaired) electrons. The highest BCUT2D eigenvalue weighted by Gasteiger charge is 2.48. The number of imidazole rings is 1. The molecule has 2 fully saturated rings. The Bertz CT molecular complexity index is 533. The second kappa shape index (κ2) is 4.12. The van der Waals surface area contributed by atoms with Crippen LogP contribution >= 0.6 is 0 Å². The summed E-state index contributed by atoms with van der Waals surface area (Å²) in [5.74, 6) is 1.39. The second-order valence-corrected chi connectivity index (χ2v) is 5.36. The minimum Gasteiger partial charge on any atom is -0.313 e. The molecule has 4 atom stereocenters. The van der Waals surface area contributed by atoms with Gasteiger partial charge in [-0.15, -0.1) is 0 Å². The lowest BCUT2D eigenvalue weighted by Crippen LogP contribution is -2.56. The smallest absolute Gasteiger partial charge is 0.144 e. The van der Waals surface area contributed by atoms with Crippen LogP contribution in [0.5, 0.6) is 0 Å². The van der Waals surface area contributed by atoms with Crippen LogP contribution in [0.25, 0.3) is 10.4 Å². The maximum absolute atomic E-state index is 8.79. The molecule has 1 aliphatic carbocycles. The Labute approximate surface area is 110 Å². The fourth-order valence-electron chi connectivity index (χ4n) is 3.82. The summed E-state index contributed by atoms with van der Waals surface area (Å²) >= 11 is 0. The minimum absolute atomic E-state index is 0.0548. The normalized spacial score (nSPS) is 36.1. The van der Waals surface area contributed by atoms with Gasteiger partial charge in [-0.2, -0.15) is 0 Å². The predicted octanol–water partition coefficient (Wildman–Crippen LogP) is 1.11. The predicted molar refractivity (Wildman–Crippen MR) is 68.9 cm³/mol. The van der Waals surface area contributed by atoms with E-state index < -0.39 is 0 Å². The van der Waals surface area contributed by atoms with Gasteiger partial charge < -0.3 is 4.57 Å². The van der Waals surface area contributed by atoms with Crippen LogP contribution in [0.2, 0.25) is 0 Å². The standard InChI is InChI=1S/C11H16N8/c12-17-16-7-2-1-3-8-10(7)11-14-5-15-19(11)9-4-13-6-18(8)9/h4,6-8,10-11,14-15H,1-3,5H2. The molecule has 19 heavy (non-hydrogen) atoms. The van der Waals surface area contributed by atoms with E-state index in [2.05, 4.69) is 35.3 Å². The average molecular weight is 260 g/mol. The van der Waals surface area contributed by atoms with Crippen molar-refractivity contribution >= 4 is 5.82 Å². The van der Waals surface area contributed by atoms with Crippen molar-refractivity contribution < 1.29 is 0 Å². The first-order valence-corrected chi connectivity index (χ1v) is 6.72. The van der Waals surface area contributed by atoms with Gasteiger partial charge in [0.1, 0.15) is 12.0 Å². The van der Waals surface area contributed by atoms with Crippen molar-refractivity contribution in [1.82, 2.24) is 20.3 Å². The number of nitrogens with one attached hydrogen (secondary N) is 2. The maximum atomic E-state index is 8.79. The van der Waals surface area contributed by atoms with Crippen LogP contribution in [-0.4, -0.2) is 28.4 Å². The quantitative estimate of drug-likeness (QED) is 0.449. The van der Waals surface area contributed by atoms with Crippen molar-refractivity contribution in [3.63, 3.8) is 0 Å². The Morgan fingerprint density at radius 3 is 3.32 bits per heavy atom. The molecule has 1 saturated heterocycles. The van der Waals surface area contributed by atoms with Gasteiger partial charge in [0, 0.05) is 22.9 Å². The lowest BCUT2D eigenvalue weighted by Gasteiger charge is -2.47. The number of nitrogens with zero attached hydrogens (tertiary/aromatic N) is 6. The van der Waals surface area contributed by atoms with Gasteiger partial charge in [-0.1, -0.05) is 11.5 Å². The van der Waals surface area contributed by atoms with Crippen molar-refractivity contribution in [2.45, 2.75) is 37.5 Å². The number of hydrogen-bond acceptors (Lipinski definition) is 5. The van der Waals surface area contributed by atoms with Crippen LogP contribution in [0.3, 0.4) is 0 Å². The summed E-state index contributed by atoms with van der Waals surface area (Å²) in [6.07, 6.45) is 7.16. The van der Waals surface area contributed by atoms with Crippen LogP contribution in [-0.2, 0) is 0 Å². The minimum atomic E-state index is 0.0548. The zero-order valence-electron chi connectivity index (χ0n) is 10.5. The Hall–Kier alpha value is -1.76. The molecule has 2 N–H and O–H groups in total. The van der Waals surface area contributed by atoms with E-state index in [1.54, 1.807) is 0 Å². The van der Waals surface area contributed by atoms with Gasteiger partial charge in [0.05, 0.1) is 19.2 Å². The molecule has 0 aromatic carbocycles. The highest BCUT2D eigenvalue weighted by atomic mass is 15.7. The first kappa shape index (κ1) is 11.1. The van der Waals surface area contributed by atoms with Crippen molar-refractivity contribution in [3.8, 4) is 0 Å². The number of rotatable bonds is 1. The van der Waals surface area contributed by atoms with Gasteiger partial charge in [-0.05, 0) is 18.4 Å². The van der Waals surface area contributed by atoms with Gasteiger partial charge in [-0.25, -0.2) is 10.4 Å². The number of azide groups is 1. The Morgan fingerprint density at radius 2 is 2.42 bits per heavy atom. The number of fused-ring (bicyclic) bond motifs is 6. The zero-order valence-corrected chi connectivity index (χ0v) is 10.5. The van der Waals surface area contributed by atoms with Gasteiger partial charge in [-0.3, -0.25) is 10.3 Å². The molecule has 2 aliphatic heterocycles. The van der Waals surface area contributed by atoms with Crippen LogP contribution in [0.15, 0.2) is 17.6 Å². The van der Waals surface area contributed by atoms with E-state index in [0.717, 1.165) is 31.7 Å². The first-order chi connectivity index (χ1) is 9.40. The van der Waals surface area contributed by atoms with E-state index in [0.29, 0.717) is 12.0 Å². The third-order valence-electron chi connectivity index (χ3n) is 4.54. The van der Waals surface area contributed by atoms with Gasteiger partial charge in [0.25, 0.3) is 0 Å². The van der Waals surface area contributed by atoms with E-state index in [1.807, 2.05) is 12.5 Å². The van der Waals surface area contributed by atoms with Crippen molar-refractivity contribution in [3.05, 3.63) is 23.0 Å². The first-order valence-electron chi connectivity index (χ1n) is 6.72. The third kappa shape index (κ3) is 1.48. The molecule has 8 nitrogen and oxygen atoms in total. The molecule has 1 aromatic heterocycles. The molecular weight excluding hydrogens is 244 g/mol. The zero-order chi connectivity index (χ0) is 12.8. The Kier molecular flexibility index (Phi) is 2.41. The van der Waals surface area contributed by atoms with Crippen LogP contribution < -0.4 is 15.8 Å². The molecule has 4 rings (SSSR count). The third-order valence-corrected chi connectivity index (χ3v) is 4.54. The molecule has 1 saturated carbocycles. The Balaban J connectivity index is 1.81. The molecule has 3 aliphatic rings. The van der Waals surface area contributed by atoms with E-state index in [4.69, 9.17) is 5.53 Å². The summed E-state index contributed by atoms with van der Waals surface area (Å²) in [6.45, 7) is 0.738. The van der Waals surface area contributed by atoms with Crippen molar-refractivity contribution in [2.75, 3.05) is 11.7 Å². The van der Waals surface area contributed by atoms with Crippen molar-refractivity contribution in [1.29, 1.82) is 0 Å². The molecule has 100 valence electrons. The van der Waals surface area contributed by atoms with Crippen LogP contribution in [0.1, 0.15) is 25.3 Å². The SMILES string of the molecule is [N-]=[N+]=NC1CCCC2C1C1NCNN1c1cncn12. The van der Waals surface area contributed by atoms with Gasteiger partial charge in [0.2, 0.25) is 0 Å². The van der Waals surface area contributed by atoms with E-state index in [9.17, 15) is 0 Å². The highest BCUT2D eigenvalue weighted by molar-refractivity contribution is 5.42. The lowest BCUT2D eigenvalue weighted by molar-refractivity contribution is 0.149. The average Bonchev–Trinajstić information content (AvgIpc) is 3.07.